The predicted molar refractivity (Wildman–Crippen MR) is 104 cm³/mol. The maximum atomic E-state index is 12.5. The third-order valence-electron chi connectivity index (χ3n) is 3.74. The molecule has 0 saturated carbocycles. The summed E-state index contributed by atoms with van der Waals surface area (Å²) in [5.41, 5.74) is 0.691. The Kier molecular flexibility index (Phi) is 5.28. The minimum Gasteiger partial charge on any atom is -0.358 e. The van der Waals surface area contributed by atoms with Gasteiger partial charge in [0.05, 0.1) is 21.8 Å². The van der Waals surface area contributed by atoms with E-state index in [1.807, 2.05) is 6.92 Å². The van der Waals surface area contributed by atoms with E-state index in [4.69, 9.17) is 27.4 Å². The zero-order valence-electron chi connectivity index (χ0n) is 14.3. The molecule has 0 aliphatic rings. The second-order valence-corrected chi connectivity index (χ2v) is 8.07. The molecule has 0 radical (unpaired) electrons. The number of benzene rings is 2. The summed E-state index contributed by atoms with van der Waals surface area (Å²) in [5.74, 6) is -0.131. The van der Waals surface area contributed by atoms with E-state index in [2.05, 4.69) is 4.98 Å². The van der Waals surface area contributed by atoms with E-state index < -0.39 is 15.7 Å². The van der Waals surface area contributed by atoms with E-state index >= 15 is 0 Å². The predicted octanol–water partition coefficient (Wildman–Crippen LogP) is 3.92. The number of nitrogens with zero attached hydrogens (tertiary/aromatic N) is 2. The molecule has 0 aliphatic carbocycles. The van der Waals surface area contributed by atoms with E-state index in [0.717, 1.165) is 11.6 Å². The van der Waals surface area contributed by atoms with Gasteiger partial charge in [-0.2, -0.15) is 13.4 Å². The highest BCUT2D eigenvalue weighted by Crippen LogP contribution is 2.28. The first-order valence-corrected chi connectivity index (χ1v) is 9.92. The summed E-state index contributed by atoms with van der Waals surface area (Å²) >= 11 is 12.2. The number of aromatic nitrogens is 2. The topological polar surface area (TPSA) is 78.3 Å². The molecule has 0 saturated heterocycles. The molecular weight excluding hydrogens is 411 g/mol. The summed E-state index contributed by atoms with van der Waals surface area (Å²) in [4.78, 5) is 16.6. The zero-order valence-corrected chi connectivity index (χ0v) is 16.6. The van der Waals surface area contributed by atoms with E-state index in [-0.39, 0.29) is 26.6 Å². The van der Waals surface area contributed by atoms with E-state index in [1.165, 1.54) is 23.6 Å². The van der Waals surface area contributed by atoms with Crippen LogP contribution in [0, 0.1) is 13.8 Å². The van der Waals surface area contributed by atoms with Crippen molar-refractivity contribution in [3.63, 3.8) is 0 Å². The molecule has 140 valence electrons. The number of rotatable bonds is 4. The van der Waals surface area contributed by atoms with Crippen LogP contribution >= 0.6 is 23.2 Å². The monoisotopic (exact) mass is 424 g/mol. The molecule has 6 nitrogen and oxygen atoms in total. The zero-order chi connectivity index (χ0) is 19.8. The number of hydrogen-bond donors (Lipinski definition) is 0. The summed E-state index contributed by atoms with van der Waals surface area (Å²) in [6, 6.07) is 12.0. The Hall–Kier alpha value is -2.35. The van der Waals surface area contributed by atoms with Crippen LogP contribution in [0.5, 0.6) is 5.88 Å². The summed E-state index contributed by atoms with van der Waals surface area (Å²) in [6.45, 7) is 3.37. The van der Waals surface area contributed by atoms with Crippen molar-refractivity contribution in [3.8, 4) is 11.6 Å². The van der Waals surface area contributed by atoms with Crippen LogP contribution in [-0.2, 0) is 10.1 Å². The van der Waals surface area contributed by atoms with Gasteiger partial charge in [0.2, 0.25) is 5.88 Å². The molecule has 1 aromatic heterocycles. The summed E-state index contributed by atoms with van der Waals surface area (Å²) in [5, 5.41) is 0.467. The van der Waals surface area contributed by atoms with Gasteiger partial charge in [0.1, 0.15) is 10.7 Å². The molecular formula is C18H14Cl2N2O4S. The fourth-order valence-electron chi connectivity index (χ4n) is 2.44. The van der Waals surface area contributed by atoms with Crippen molar-refractivity contribution in [1.82, 2.24) is 9.55 Å². The molecule has 2 aromatic carbocycles. The van der Waals surface area contributed by atoms with E-state index in [1.54, 1.807) is 30.3 Å². The molecule has 0 aliphatic heterocycles. The van der Waals surface area contributed by atoms with Gasteiger partial charge in [0.15, 0.2) is 0 Å². The second kappa shape index (κ2) is 7.34. The van der Waals surface area contributed by atoms with Gasteiger partial charge in [-0.15, -0.1) is 0 Å². The van der Waals surface area contributed by atoms with Gasteiger partial charge in [-0.3, -0.25) is 9.36 Å². The molecule has 0 atom stereocenters. The number of hydrogen-bond acceptors (Lipinski definition) is 5. The van der Waals surface area contributed by atoms with Gasteiger partial charge in [-0.1, -0.05) is 47.0 Å². The lowest BCUT2D eigenvalue weighted by Gasteiger charge is -2.13. The van der Waals surface area contributed by atoms with Crippen LogP contribution < -0.4 is 9.74 Å². The molecule has 1 heterocycles. The summed E-state index contributed by atoms with van der Waals surface area (Å²) < 4.78 is 31.0. The van der Waals surface area contributed by atoms with E-state index in [9.17, 15) is 13.2 Å². The van der Waals surface area contributed by atoms with Crippen LogP contribution in [0.2, 0.25) is 10.0 Å². The smallest absolute Gasteiger partial charge is 0.340 e. The molecule has 9 heteroatoms. The van der Waals surface area contributed by atoms with Crippen molar-refractivity contribution in [2.24, 2.45) is 0 Å². The SMILES string of the molecule is Cc1ccc(S(=O)(=O)Oc2cc(=O)n(-c3cccc(Cl)c3Cl)c(C)n2)cc1. The maximum absolute atomic E-state index is 12.5. The lowest BCUT2D eigenvalue weighted by atomic mass is 10.2. The standard InChI is InChI=1S/C18H14Cl2N2O4S/c1-11-6-8-13(9-7-11)27(24,25)26-16-10-17(23)22(12(2)21-16)15-5-3-4-14(19)18(15)20/h3-10H,1-2H3. The largest absolute Gasteiger partial charge is 0.358 e. The van der Waals surface area contributed by atoms with Crippen LogP contribution in [0.4, 0.5) is 0 Å². The molecule has 0 spiro atoms. The molecule has 27 heavy (non-hydrogen) atoms. The Balaban J connectivity index is 2.01. The summed E-state index contributed by atoms with van der Waals surface area (Å²) in [6.07, 6.45) is 0. The lowest BCUT2D eigenvalue weighted by molar-refractivity contribution is 0.472. The van der Waals surface area contributed by atoms with Crippen molar-refractivity contribution >= 4 is 33.3 Å². The molecule has 0 unspecified atom stereocenters. The third kappa shape index (κ3) is 4.00. The highest BCUT2D eigenvalue weighted by Gasteiger charge is 2.19. The normalized spacial score (nSPS) is 11.4. The molecule has 3 rings (SSSR count). The number of halogens is 2. The van der Waals surface area contributed by atoms with Crippen molar-refractivity contribution in [1.29, 1.82) is 0 Å². The highest BCUT2D eigenvalue weighted by atomic mass is 35.5. The van der Waals surface area contributed by atoms with Gasteiger partial charge >= 0.3 is 10.1 Å². The van der Waals surface area contributed by atoms with Gasteiger partial charge in [-0.05, 0) is 38.1 Å². The Bertz CT molecular complexity index is 1170. The highest BCUT2D eigenvalue weighted by molar-refractivity contribution is 7.87. The van der Waals surface area contributed by atoms with Crippen LogP contribution in [0.1, 0.15) is 11.4 Å². The summed E-state index contributed by atoms with van der Waals surface area (Å²) in [7, 11) is -4.11. The molecule has 3 aromatic rings. The third-order valence-corrected chi connectivity index (χ3v) is 5.79. The first-order chi connectivity index (χ1) is 12.7. The van der Waals surface area contributed by atoms with Gasteiger partial charge in [0.25, 0.3) is 5.56 Å². The maximum Gasteiger partial charge on any atom is 0.340 e. The van der Waals surface area contributed by atoms with Crippen molar-refractivity contribution in [2.75, 3.05) is 0 Å². The van der Waals surface area contributed by atoms with Crippen molar-refractivity contribution < 1.29 is 12.6 Å². The molecule has 0 bridgehead atoms. The molecule has 0 N–H and O–H groups in total. The van der Waals surface area contributed by atoms with Crippen LogP contribution in [0.25, 0.3) is 5.69 Å². The Morgan fingerprint density at radius 1 is 1.04 bits per heavy atom. The fourth-order valence-corrected chi connectivity index (χ4v) is 3.69. The Morgan fingerprint density at radius 3 is 2.33 bits per heavy atom. The minimum absolute atomic E-state index is 0.0328. The molecule has 0 fully saturated rings. The van der Waals surface area contributed by atoms with Crippen molar-refractivity contribution in [2.45, 2.75) is 18.7 Å². The average Bonchev–Trinajstić information content (AvgIpc) is 2.58. The molecule has 0 amide bonds. The van der Waals surface area contributed by atoms with Crippen molar-refractivity contribution in [3.05, 3.63) is 80.3 Å². The Labute approximate surface area is 166 Å². The van der Waals surface area contributed by atoms with Gasteiger partial charge in [-0.25, -0.2) is 0 Å². The van der Waals surface area contributed by atoms with Crippen LogP contribution in [0.15, 0.2) is 58.2 Å². The quantitative estimate of drug-likeness (QED) is 0.592. The first kappa shape index (κ1) is 19.4. The second-order valence-electron chi connectivity index (χ2n) is 5.74. The Morgan fingerprint density at radius 2 is 1.70 bits per heavy atom. The van der Waals surface area contributed by atoms with Gasteiger partial charge < -0.3 is 4.18 Å². The average molecular weight is 425 g/mol. The van der Waals surface area contributed by atoms with Crippen LogP contribution in [0.3, 0.4) is 0 Å². The lowest BCUT2D eigenvalue weighted by Crippen LogP contribution is -2.23. The minimum atomic E-state index is -4.11. The van der Waals surface area contributed by atoms with E-state index in [0.29, 0.717) is 5.69 Å². The van der Waals surface area contributed by atoms with Gasteiger partial charge in [0, 0.05) is 0 Å². The van der Waals surface area contributed by atoms with Crippen LogP contribution in [-0.4, -0.2) is 18.0 Å². The fraction of sp³-hybridized carbons (Fsp3) is 0.111. The first-order valence-electron chi connectivity index (χ1n) is 7.75. The number of aryl methyl sites for hydroxylation is 2.